The van der Waals surface area contributed by atoms with E-state index < -0.39 is 0 Å². The minimum absolute atomic E-state index is 0.0812. The number of piperidine rings is 1. The molecule has 1 spiro atoms. The molecular formula is C18H26FNO2. The molecule has 2 heterocycles. The van der Waals surface area contributed by atoms with E-state index in [0.717, 1.165) is 52.1 Å². The summed E-state index contributed by atoms with van der Waals surface area (Å²) in [5.41, 5.74) is 1.26. The maximum Gasteiger partial charge on any atom is 0.123 e. The fraction of sp³-hybridized carbons (Fsp3) is 0.667. The first-order chi connectivity index (χ1) is 10.7. The van der Waals surface area contributed by atoms with Gasteiger partial charge in [-0.05, 0) is 49.3 Å². The van der Waals surface area contributed by atoms with Crippen molar-refractivity contribution in [2.24, 2.45) is 5.92 Å². The van der Waals surface area contributed by atoms with Gasteiger partial charge in [0.05, 0.1) is 5.60 Å². The van der Waals surface area contributed by atoms with Crippen LogP contribution < -0.4 is 0 Å². The van der Waals surface area contributed by atoms with Crippen LogP contribution in [0.4, 0.5) is 4.39 Å². The van der Waals surface area contributed by atoms with Crippen LogP contribution in [0.3, 0.4) is 0 Å². The summed E-state index contributed by atoms with van der Waals surface area (Å²) < 4.78 is 24.4. The number of hydrogen-bond donors (Lipinski definition) is 0. The Morgan fingerprint density at radius 2 is 2.00 bits per heavy atom. The van der Waals surface area contributed by atoms with E-state index in [2.05, 4.69) is 4.90 Å². The lowest BCUT2D eigenvalue weighted by Crippen LogP contribution is -2.47. The van der Waals surface area contributed by atoms with Crippen LogP contribution in [0.2, 0.25) is 0 Å². The molecule has 2 aliphatic rings. The van der Waals surface area contributed by atoms with Crippen molar-refractivity contribution in [1.82, 2.24) is 4.90 Å². The number of nitrogens with zero attached hydrogens (tertiary/aromatic N) is 1. The average Bonchev–Trinajstić information content (AvgIpc) is 2.92. The lowest BCUT2D eigenvalue weighted by molar-refractivity contribution is -0.0721. The van der Waals surface area contributed by atoms with E-state index in [9.17, 15) is 4.39 Å². The quantitative estimate of drug-likeness (QED) is 0.833. The van der Waals surface area contributed by atoms with Gasteiger partial charge in [-0.2, -0.15) is 0 Å². The molecule has 0 unspecified atom stereocenters. The molecule has 4 heteroatoms. The summed E-state index contributed by atoms with van der Waals surface area (Å²) in [5, 5.41) is 0. The van der Waals surface area contributed by atoms with E-state index in [1.807, 2.05) is 12.1 Å². The highest BCUT2D eigenvalue weighted by atomic mass is 19.1. The summed E-state index contributed by atoms with van der Waals surface area (Å²) in [6.07, 6.45) is 4.47. The number of halogens is 1. The molecule has 0 N–H and O–H groups in total. The van der Waals surface area contributed by atoms with Crippen molar-refractivity contribution in [3.05, 3.63) is 35.6 Å². The second-order valence-electron chi connectivity index (χ2n) is 6.58. The maximum absolute atomic E-state index is 13.0. The van der Waals surface area contributed by atoms with E-state index in [4.69, 9.17) is 9.47 Å². The Kier molecular flexibility index (Phi) is 5.11. The van der Waals surface area contributed by atoms with Crippen molar-refractivity contribution >= 4 is 0 Å². The van der Waals surface area contributed by atoms with Crippen molar-refractivity contribution < 1.29 is 13.9 Å². The van der Waals surface area contributed by atoms with Crippen molar-refractivity contribution in [1.29, 1.82) is 0 Å². The zero-order valence-corrected chi connectivity index (χ0v) is 13.4. The summed E-state index contributed by atoms with van der Waals surface area (Å²) in [6.45, 7) is 4.74. The molecule has 0 radical (unpaired) electrons. The highest BCUT2D eigenvalue weighted by Crippen LogP contribution is 2.42. The molecule has 0 bridgehead atoms. The molecule has 0 amide bonds. The third-order valence-electron chi connectivity index (χ3n) is 5.29. The molecule has 2 aliphatic heterocycles. The van der Waals surface area contributed by atoms with Crippen LogP contribution >= 0.6 is 0 Å². The predicted octanol–water partition coefficient (Wildman–Crippen LogP) is 3.23. The molecule has 3 rings (SSSR count). The van der Waals surface area contributed by atoms with Gasteiger partial charge in [-0.1, -0.05) is 12.1 Å². The first kappa shape index (κ1) is 15.9. The number of hydrogen-bond acceptors (Lipinski definition) is 3. The lowest BCUT2D eigenvalue weighted by Gasteiger charge is -2.42. The van der Waals surface area contributed by atoms with Gasteiger partial charge in [-0.15, -0.1) is 0 Å². The standard InChI is InChI=1S/C18H26FNO2/c1-21-12-6-16-7-13-22-18(16)8-10-20(11-9-18)14-15-2-4-17(19)5-3-15/h2-5,16H,6-14H2,1H3/t16-/m0/s1. The van der Waals surface area contributed by atoms with Crippen molar-refractivity contribution in [3.63, 3.8) is 0 Å². The largest absolute Gasteiger partial charge is 0.385 e. The molecule has 1 atom stereocenters. The molecule has 1 aromatic rings. The van der Waals surface area contributed by atoms with Crippen LogP contribution in [0.25, 0.3) is 0 Å². The van der Waals surface area contributed by atoms with Gasteiger partial charge in [-0.25, -0.2) is 4.39 Å². The molecule has 1 aromatic carbocycles. The van der Waals surface area contributed by atoms with Crippen LogP contribution in [0.1, 0.15) is 31.2 Å². The highest BCUT2D eigenvalue weighted by molar-refractivity contribution is 5.16. The van der Waals surface area contributed by atoms with Gasteiger partial charge in [-0.3, -0.25) is 4.90 Å². The summed E-state index contributed by atoms with van der Waals surface area (Å²) >= 11 is 0. The van der Waals surface area contributed by atoms with Crippen molar-refractivity contribution in [2.75, 3.05) is 33.4 Å². The minimum atomic E-state index is -0.165. The second-order valence-corrected chi connectivity index (χ2v) is 6.58. The predicted molar refractivity (Wildman–Crippen MR) is 84.2 cm³/mol. The van der Waals surface area contributed by atoms with Gasteiger partial charge in [0.2, 0.25) is 0 Å². The van der Waals surface area contributed by atoms with Gasteiger partial charge in [0.15, 0.2) is 0 Å². The van der Waals surface area contributed by atoms with Crippen LogP contribution in [-0.4, -0.2) is 43.9 Å². The van der Waals surface area contributed by atoms with E-state index in [1.54, 1.807) is 19.2 Å². The number of benzene rings is 1. The molecule has 2 fully saturated rings. The van der Waals surface area contributed by atoms with Crippen LogP contribution in [0.5, 0.6) is 0 Å². The second kappa shape index (κ2) is 7.07. The smallest absolute Gasteiger partial charge is 0.123 e. The molecular weight excluding hydrogens is 281 g/mol. The Hall–Kier alpha value is -0.970. The minimum Gasteiger partial charge on any atom is -0.385 e. The molecule has 2 saturated heterocycles. The van der Waals surface area contributed by atoms with Crippen LogP contribution in [0.15, 0.2) is 24.3 Å². The SMILES string of the molecule is COCC[C@H]1CCOC12CCN(Cc1ccc(F)cc1)CC2. The summed E-state index contributed by atoms with van der Waals surface area (Å²) in [6, 6.07) is 6.85. The van der Waals surface area contributed by atoms with Gasteiger partial charge >= 0.3 is 0 Å². The third kappa shape index (κ3) is 3.50. The monoisotopic (exact) mass is 307 g/mol. The molecule has 0 saturated carbocycles. The first-order valence-electron chi connectivity index (χ1n) is 8.31. The Bertz CT molecular complexity index is 468. The van der Waals surface area contributed by atoms with Gasteiger partial charge < -0.3 is 9.47 Å². The summed E-state index contributed by atoms with van der Waals surface area (Å²) in [7, 11) is 1.77. The Labute approximate surface area is 132 Å². The molecule has 3 nitrogen and oxygen atoms in total. The van der Waals surface area contributed by atoms with E-state index in [1.165, 1.54) is 12.0 Å². The molecule has 122 valence electrons. The Morgan fingerprint density at radius 1 is 1.27 bits per heavy atom. The van der Waals surface area contributed by atoms with E-state index in [-0.39, 0.29) is 11.4 Å². The third-order valence-corrected chi connectivity index (χ3v) is 5.29. The Morgan fingerprint density at radius 3 is 2.68 bits per heavy atom. The topological polar surface area (TPSA) is 21.7 Å². The van der Waals surface area contributed by atoms with Crippen molar-refractivity contribution in [2.45, 2.75) is 37.8 Å². The van der Waals surface area contributed by atoms with E-state index >= 15 is 0 Å². The highest BCUT2D eigenvalue weighted by Gasteiger charge is 2.45. The van der Waals surface area contributed by atoms with Crippen LogP contribution in [-0.2, 0) is 16.0 Å². The maximum atomic E-state index is 13.0. The van der Waals surface area contributed by atoms with Crippen molar-refractivity contribution in [3.8, 4) is 0 Å². The fourth-order valence-electron chi connectivity index (χ4n) is 3.94. The van der Waals surface area contributed by atoms with Crippen LogP contribution in [0, 0.1) is 11.7 Å². The normalized spacial score (nSPS) is 24.9. The van der Waals surface area contributed by atoms with E-state index in [0.29, 0.717) is 5.92 Å². The zero-order chi connectivity index (χ0) is 15.4. The van der Waals surface area contributed by atoms with Gasteiger partial charge in [0.25, 0.3) is 0 Å². The molecule has 0 aliphatic carbocycles. The average molecular weight is 307 g/mol. The fourth-order valence-corrected chi connectivity index (χ4v) is 3.94. The van der Waals surface area contributed by atoms with Gasteiger partial charge in [0.1, 0.15) is 5.82 Å². The molecule has 22 heavy (non-hydrogen) atoms. The first-order valence-corrected chi connectivity index (χ1v) is 8.31. The summed E-state index contributed by atoms with van der Waals surface area (Å²) in [4.78, 5) is 2.45. The Balaban J connectivity index is 1.54. The summed E-state index contributed by atoms with van der Waals surface area (Å²) in [5.74, 6) is 0.474. The number of rotatable bonds is 5. The molecule has 0 aromatic heterocycles. The number of methoxy groups -OCH3 is 1. The van der Waals surface area contributed by atoms with Gasteiger partial charge in [0, 0.05) is 40.0 Å². The number of likely N-dealkylation sites (tertiary alicyclic amines) is 1. The lowest BCUT2D eigenvalue weighted by atomic mass is 9.78. The number of ether oxygens (including phenoxy) is 2. The zero-order valence-electron chi connectivity index (χ0n) is 13.4.